The van der Waals surface area contributed by atoms with Crippen LogP contribution >= 0.6 is 0 Å². The SMILES string of the molecule is CC(C)(C)C(=O)N1CCc2ccc(NC(=O)c3ccc(S(=O)(=O)N4CCCCC4)cc3)cc21. The maximum atomic E-state index is 12.8. The third-order valence-corrected chi connectivity index (χ3v) is 8.11. The summed E-state index contributed by atoms with van der Waals surface area (Å²) < 4.78 is 27.1. The van der Waals surface area contributed by atoms with Crippen LogP contribution < -0.4 is 10.2 Å². The normalized spacial score (nSPS) is 17.0. The van der Waals surface area contributed by atoms with E-state index in [1.54, 1.807) is 4.90 Å². The van der Waals surface area contributed by atoms with Crippen LogP contribution in [-0.4, -0.2) is 44.2 Å². The lowest BCUT2D eigenvalue weighted by atomic mass is 9.94. The first-order valence-electron chi connectivity index (χ1n) is 11.4. The lowest BCUT2D eigenvalue weighted by molar-refractivity contribution is -0.125. The fraction of sp³-hybridized carbons (Fsp3) is 0.440. The molecule has 0 bridgehead atoms. The number of anilines is 2. The van der Waals surface area contributed by atoms with Gasteiger partial charge in [0.25, 0.3) is 5.91 Å². The van der Waals surface area contributed by atoms with Gasteiger partial charge < -0.3 is 10.2 Å². The number of hydrogen-bond acceptors (Lipinski definition) is 4. The number of hydrogen-bond donors (Lipinski definition) is 1. The van der Waals surface area contributed by atoms with Crippen LogP contribution in [0.25, 0.3) is 0 Å². The van der Waals surface area contributed by atoms with Crippen molar-refractivity contribution in [1.82, 2.24) is 4.31 Å². The van der Waals surface area contributed by atoms with E-state index in [0.29, 0.717) is 30.9 Å². The van der Waals surface area contributed by atoms with E-state index < -0.39 is 15.4 Å². The Morgan fingerprint density at radius 2 is 1.58 bits per heavy atom. The summed E-state index contributed by atoms with van der Waals surface area (Å²) in [5.74, 6) is -0.279. The summed E-state index contributed by atoms with van der Waals surface area (Å²) in [7, 11) is -3.53. The zero-order valence-corrected chi connectivity index (χ0v) is 20.2. The van der Waals surface area contributed by atoms with Crippen LogP contribution in [0.1, 0.15) is 56.0 Å². The van der Waals surface area contributed by atoms with Crippen LogP contribution in [0.4, 0.5) is 11.4 Å². The second-order valence-electron chi connectivity index (χ2n) is 9.74. The Bertz CT molecular complexity index is 1160. The summed E-state index contributed by atoms with van der Waals surface area (Å²) in [5.41, 5.74) is 2.39. The highest BCUT2D eigenvalue weighted by Crippen LogP contribution is 2.34. The molecule has 0 aromatic heterocycles. The van der Waals surface area contributed by atoms with Crippen LogP contribution in [-0.2, 0) is 21.2 Å². The summed E-state index contributed by atoms with van der Waals surface area (Å²) in [4.78, 5) is 27.6. The molecule has 1 fully saturated rings. The Labute approximate surface area is 195 Å². The first-order chi connectivity index (χ1) is 15.6. The number of carbonyl (C=O) groups excluding carboxylic acids is 2. The van der Waals surface area contributed by atoms with E-state index in [9.17, 15) is 18.0 Å². The molecule has 0 radical (unpaired) electrons. The Balaban J connectivity index is 1.49. The molecule has 2 amide bonds. The van der Waals surface area contributed by atoms with Gasteiger partial charge >= 0.3 is 0 Å². The lowest BCUT2D eigenvalue weighted by Crippen LogP contribution is -2.38. The molecule has 0 unspecified atom stereocenters. The lowest BCUT2D eigenvalue weighted by Gasteiger charge is -2.26. The number of sulfonamides is 1. The van der Waals surface area contributed by atoms with Crippen molar-refractivity contribution in [3.63, 3.8) is 0 Å². The molecule has 2 aliphatic heterocycles. The van der Waals surface area contributed by atoms with Crippen molar-refractivity contribution >= 4 is 33.2 Å². The molecule has 8 heteroatoms. The molecule has 33 heavy (non-hydrogen) atoms. The summed E-state index contributed by atoms with van der Waals surface area (Å²) in [6.07, 6.45) is 3.59. The van der Waals surface area contributed by atoms with E-state index in [4.69, 9.17) is 0 Å². The van der Waals surface area contributed by atoms with E-state index in [0.717, 1.165) is 36.9 Å². The molecule has 2 heterocycles. The zero-order valence-electron chi connectivity index (χ0n) is 19.4. The maximum absolute atomic E-state index is 12.8. The van der Waals surface area contributed by atoms with Gasteiger partial charge in [0, 0.05) is 42.0 Å². The summed E-state index contributed by atoms with van der Waals surface area (Å²) in [6, 6.07) is 11.7. The van der Waals surface area contributed by atoms with E-state index in [1.165, 1.54) is 28.6 Å². The minimum absolute atomic E-state index is 0.0511. The number of carbonyl (C=O) groups is 2. The van der Waals surface area contributed by atoms with E-state index in [2.05, 4.69) is 5.32 Å². The van der Waals surface area contributed by atoms with Crippen LogP contribution in [0.3, 0.4) is 0 Å². The summed E-state index contributed by atoms with van der Waals surface area (Å²) in [6.45, 7) is 7.40. The predicted molar refractivity (Wildman–Crippen MR) is 129 cm³/mol. The number of amides is 2. The van der Waals surface area contributed by atoms with Crippen molar-refractivity contribution in [3.8, 4) is 0 Å². The van der Waals surface area contributed by atoms with Gasteiger partial charge in [-0.3, -0.25) is 9.59 Å². The molecule has 2 aromatic carbocycles. The van der Waals surface area contributed by atoms with E-state index in [1.807, 2.05) is 39.0 Å². The minimum Gasteiger partial charge on any atom is -0.322 e. The fourth-order valence-corrected chi connectivity index (χ4v) is 5.83. The van der Waals surface area contributed by atoms with Crippen LogP contribution in [0.2, 0.25) is 0 Å². The molecule has 0 spiro atoms. The predicted octanol–water partition coefficient (Wildman–Crippen LogP) is 4.05. The largest absolute Gasteiger partial charge is 0.322 e. The van der Waals surface area contributed by atoms with Gasteiger partial charge in [0.15, 0.2) is 0 Å². The smallest absolute Gasteiger partial charge is 0.255 e. The molecule has 1 N–H and O–H groups in total. The van der Waals surface area contributed by atoms with Crippen molar-refractivity contribution in [2.75, 3.05) is 29.9 Å². The molecular weight excluding hydrogens is 438 g/mol. The molecule has 176 valence electrons. The molecule has 0 saturated carbocycles. The Hall–Kier alpha value is -2.71. The molecule has 2 aliphatic rings. The van der Waals surface area contributed by atoms with Crippen molar-refractivity contribution in [1.29, 1.82) is 0 Å². The highest BCUT2D eigenvalue weighted by atomic mass is 32.2. The molecule has 0 aliphatic carbocycles. The summed E-state index contributed by atoms with van der Waals surface area (Å²) in [5, 5.41) is 2.87. The first-order valence-corrected chi connectivity index (χ1v) is 12.9. The van der Waals surface area contributed by atoms with Crippen LogP contribution in [0.15, 0.2) is 47.4 Å². The van der Waals surface area contributed by atoms with Gasteiger partial charge in [0.05, 0.1) is 4.90 Å². The molecule has 2 aromatic rings. The average Bonchev–Trinajstić information content (AvgIpc) is 3.21. The van der Waals surface area contributed by atoms with Crippen LogP contribution in [0, 0.1) is 5.41 Å². The van der Waals surface area contributed by atoms with Gasteiger partial charge in [0.1, 0.15) is 0 Å². The van der Waals surface area contributed by atoms with Gasteiger partial charge in [-0.1, -0.05) is 33.3 Å². The number of piperidine rings is 1. The molecule has 1 saturated heterocycles. The van der Waals surface area contributed by atoms with Crippen molar-refractivity contribution in [3.05, 3.63) is 53.6 Å². The molecule has 4 rings (SSSR count). The topological polar surface area (TPSA) is 86.8 Å². The Morgan fingerprint density at radius 1 is 0.909 bits per heavy atom. The maximum Gasteiger partial charge on any atom is 0.255 e. The monoisotopic (exact) mass is 469 g/mol. The van der Waals surface area contributed by atoms with E-state index >= 15 is 0 Å². The van der Waals surface area contributed by atoms with Gasteiger partial charge in [0.2, 0.25) is 15.9 Å². The number of benzene rings is 2. The Morgan fingerprint density at radius 3 is 2.21 bits per heavy atom. The third kappa shape index (κ3) is 4.82. The van der Waals surface area contributed by atoms with Crippen LogP contribution in [0.5, 0.6) is 0 Å². The second-order valence-corrected chi connectivity index (χ2v) is 11.7. The molecule has 0 atom stereocenters. The zero-order chi connectivity index (χ0) is 23.8. The number of fused-ring (bicyclic) bond motifs is 1. The number of nitrogens with one attached hydrogen (secondary N) is 1. The van der Waals surface area contributed by atoms with E-state index in [-0.39, 0.29) is 16.7 Å². The van der Waals surface area contributed by atoms with Gasteiger partial charge in [-0.15, -0.1) is 0 Å². The number of nitrogens with zero attached hydrogens (tertiary/aromatic N) is 2. The van der Waals surface area contributed by atoms with Crippen molar-refractivity contribution in [2.45, 2.75) is 51.3 Å². The van der Waals surface area contributed by atoms with Crippen molar-refractivity contribution in [2.24, 2.45) is 5.41 Å². The van der Waals surface area contributed by atoms with Crippen molar-refractivity contribution < 1.29 is 18.0 Å². The Kier molecular flexibility index (Phi) is 6.33. The van der Waals surface area contributed by atoms with Gasteiger partial charge in [-0.2, -0.15) is 4.31 Å². The molecular formula is C25H31N3O4S. The first kappa shape index (κ1) is 23.4. The third-order valence-electron chi connectivity index (χ3n) is 6.19. The van der Waals surface area contributed by atoms with Gasteiger partial charge in [-0.05, 0) is 61.2 Å². The standard InChI is InChI=1S/C25H31N3O4S/c1-25(2,3)24(30)28-16-13-18-7-10-20(17-22(18)28)26-23(29)19-8-11-21(12-9-19)33(31,32)27-14-5-4-6-15-27/h7-12,17H,4-6,13-16H2,1-3H3,(H,26,29). The minimum atomic E-state index is -3.53. The average molecular weight is 470 g/mol. The second kappa shape index (κ2) is 8.91. The summed E-state index contributed by atoms with van der Waals surface area (Å²) >= 11 is 0. The fourth-order valence-electron chi connectivity index (χ4n) is 4.31. The van der Waals surface area contributed by atoms with Gasteiger partial charge in [-0.25, -0.2) is 8.42 Å². The molecule has 7 nitrogen and oxygen atoms in total. The highest BCUT2D eigenvalue weighted by Gasteiger charge is 2.32. The quantitative estimate of drug-likeness (QED) is 0.732. The number of rotatable bonds is 4. The highest BCUT2D eigenvalue weighted by molar-refractivity contribution is 7.89.